The van der Waals surface area contributed by atoms with Gasteiger partial charge in [-0.25, -0.2) is 0 Å². The molecule has 2 fully saturated rings. The van der Waals surface area contributed by atoms with E-state index < -0.39 is 5.92 Å². The Morgan fingerprint density at radius 2 is 1.94 bits per heavy atom. The highest BCUT2D eigenvalue weighted by Crippen LogP contribution is 2.28. The SMILES string of the molecule is N#C[C@@H]1CCN(C(=O)C2CCCCC2)C1=O. The summed E-state index contributed by atoms with van der Waals surface area (Å²) in [5.74, 6) is -0.886. The molecule has 1 aliphatic carbocycles. The van der Waals surface area contributed by atoms with Crippen molar-refractivity contribution in [2.24, 2.45) is 11.8 Å². The van der Waals surface area contributed by atoms with Gasteiger partial charge in [-0.05, 0) is 19.3 Å². The molecule has 4 nitrogen and oxygen atoms in total. The Labute approximate surface area is 95.2 Å². The van der Waals surface area contributed by atoms with E-state index in [1.165, 1.54) is 11.3 Å². The van der Waals surface area contributed by atoms with Crippen molar-refractivity contribution in [3.8, 4) is 6.07 Å². The van der Waals surface area contributed by atoms with Crippen LogP contribution in [-0.2, 0) is 9.59 Å². The zero-order valence-corrected chi connectivity index (χ0v) is 9.32. The monoisotopic (exact) mass is 220 g/mol. The van der Waals surface area contributed by atoms with Crippen molar-refractivity contribution in [2.75, 3.05) is 6.54 Å². The Morgan fingerprint density at radius 3 is 2.50 bits per heavy atom. The summed E-state index contributed by atoms with van der Waals surface area (Å²) in [4.78, 5) is 25.1. The van der Waals surface area contributed by atoms with Crippen LogP contribution in [0.3, 0.4) is 0 Å². The summed E-state index contributed by atoms with van der Waals surface area (Å²) in [6.45, 7) is 0.437. The molecule has 0 aromatic carbocycles. The first-order valence-corrected chi connectivity index (χ1v) is 5.99. The molecule has 1 aliphatic heterocycles. The average Bonchev–Trinajstić information content (AvgIpc) is 2.70. The summed E-state index contributed by atoms with van der Waals surface area (Å²) in [5.41, 5.74) is 0. The Bertz CT molecular complexity index is 339. The standard InChI is InChI=1S/C12H16N2O2/c13-8-10-6-7-14(12(10)16)11(15)9-4-2-1-3-5-9/h9-10H,1-7H2/t10-/m0/s1. The van der Waals surface area contributed by atoms with Crippen LogP contribution < -0.4 is 0 Å². The number of hydrogen-bond acceptors (Lipinski definition) is 3. The molecule has 86 valence electrons. The number of imide groups is 1. The van der Waals surface area contributed by atoms with E-state index in [1.54, 1.807) is 0 Å². The molecule has 0 aromatic heterocycles. The van der Waals surface area contributed by atoms with Crippen LogP contribution >= 0.6 is 0 Å². The number of amides is 2. The van der Waals surface area contributed by atoms with Crippen molar-refractivity contribution in [3.05, 3.63) is 0 Å². The molecule has 1 saturated carbocycles. The van der Waals surface area contributed by atoms with Crippen LogP contribution in [0.2, 0.25) is 0 Å². The lowest BCUT2D eigenvalue weighted by molar-refractivity contribution is -0.146. The van der Waals surface area contributed by atoms with E-state index in [1.807, 2.05) is 6.07 Å². The summed E-state index contributed by atoms with van der Waals surface area (Å²) in [5, 5.41) is 8.74. The van der Waals surface area contributed by atoms with Crippen molar-refractivity contribution in [1.29, 1.82) is 5.26 Å². The molecular weight excluding hydrogens is 204 g/mol. The molecule has 0 bridgehead atoms. The van der Waals surface area contributed by atoms with Gasteiger partial charge in [0.15, 0.2) is 0 Å². The van der Waals surface area contributed by atoms with Crippen molar-refractivity contribution in [1.82, 2.24) is 4.90 Å². The Morgan fingerprint density at radius 1 is 1.25 bits per heavy atom. The van der Waals surface area contributed by atoms with E-state index in [-0.39, 0.29) is 17.7 Å². The number of carbonyl (C=O) groups is 2. The molecule has 1 saturated heterocycles. The van der Waals surface area contributed by atoms with Crippen molar-refractivity contribution in [3.63, 3.8) is 0 Å². The third-order valence-corrected chi connectivity index (χ3v) is 3.58. The zero-order chi connectivity index (χ0) is 11.5. The van der Waals surface area contributed by atoms with Crippen LogP contribution in [0.4, 0.5) is 0 Å². The number of nitrogens with zero attached hydrogens (tertiary/aromatic N) is 2. The van der Waals surface area contributed by atoms with E-state index >= 15 is 0 Å². The molecule has 1 heterocycles. The molecule has 4 heteroatoms. The lowest BCUT2D eigenvalue weighted by Gasteiger charge is -2.24. The first kappa shape index (κ1) is 11.1. The van der Waals surface area contributed by atoms with Gasteiger partial charge in [0.25, 0.3) is 0 Å². The fourth-order valence-electron chi connectivity index (χ4n) is 2.59. The molecule has 0 radical (unpaired) electrons. The fourth-order valence-corrected chi connectivity index (χ4v) is 2.59. The number of nitriles is 1. The zero-order valence-electron chi connectivity index (χ0n) is 9.32. The number of rotatable bonds is 1. The van der Waals surface area contributed by atoms with Gasteiger partial charge >= 0.3 is 0 Å². The van der Waals surface area contributed by atoms with Gasteiger partial charge in [-0.3, -0.25) is 14.5 Å². The second-order valence-corrected chi connectivity index (χ2v) is 4.63. The minimum Gasteiger partial charge on any atom is -0.281 e. The van der Waals surface area contributed by atoms with Gasteiger partial charge in [0.2, 0.25) is 11.8 Å². The maximum atomic E-state index is 12.1. The van der Waals surface area contributed by atoms with Crippen LogP contribution in [0.1, 0.15) is 38.5 Å². The van der Waals surface area contributed by atoms with Crippen LogP contribution in [0, 0.1) is 23.2 Å². The minimum absolute atomic E-state index is 0.0233. The predicted molar refractivity (Wildman–Crippen MR) is 57.0 cm³/mol. The third-order valence-electron chi connectivity index (χ3n) is 3.58. The quantitative estimate of drug-likeness (QED) is 0.628. The normalized spacial score (nSPS) is 26.8. The fraction of sp³-hybridized carbons (Fsp3) is 0.750. The summed E-state index contributed by atoms with van der Waals surface area (Å²) in [6.07, 6.45) is 5.67. The van der Waals surface area contributed by atoms with Crippen LogP contribution in [0.25, 0.3) is 0 Å². The summed E-state index contributed by atoms with van der Waals surface area (Å²) in [6, 6.07) is 1.96. The highest BCUT2D eigenvalue weighted by molar-refractivity contribution is 5.99. The maximum Gasteiger partial charge on any atom is 0.246 e. The average molecular weight is 220 g/mol. The Balaban J connectivity index is 2.00. The predicted octanol–water partition coefficient (Wildman–Crippen LogP) is 1.47. The molecule has 0 aromatic rings. The van der Waals surface area contributed by atoms with E-state index in [9.17, 15) is 9.59 Å². The number of likely N-dealkylation sites (tertiary alicyclic amines) is 1. The van der Waals surface area contributed by atoms with Gasteiger partial charge in [0.1, 0.15) is 5.92 Å². The van der Waals surface area contributed by atoms with E-state index in [4.69, 9.17) is 5.26 Å². The number of carbonyl (C=O) groups excluding carboxylic acids is 2. The van der Waals surface area contributed by atoms with Crippen LogP contribution in [0.15, 0.2) is 0 Å². The van der Waals surface area contributed by atoms with Crippen molar-refractivity contribution < 1.29 is 9.59 Å². The third kappa shape index (κ3) is 1.95. The Kier molecular flexibility index (Phi) is 3.23. The summed E-state index contributed by atoms with van der Waals surface area (Å²) in [7, 11) is 0. The van der Waals surface area contributed by atoms with Gasteiger partial charge in [0, 0.05) is 12.5 Å². The largest absolute Gasteiger partial charge is 0.281 e. The van der Waals surface area contributed by atoms with E-state index in [0.29, 0.717) is 13.0 Å². The topological polar surface area (TPSA) is 61.2 Å². The van der Waals surface area contributed by atoms with Gasteiger partial charge < -0.3 is 0 Å². The highest BCUT2D eigenvalue weighted by Gasteiger charge is 2.38. The molecule has 16 heavy (non-hydrogen) atoms. The van der Waals surface area contributed by atoms with Crippen molar-refractivity contribution in [2.45, 2.75) is 38.5 Å². The minimum atomic E-state index is -0.590. The van der Waals surface area contributed by atoms with E-state index in [2.05, 4.69) is 0 Å². The molecular formula is C12H16N2O2. The molecule has 0 unspecified atom stereocenters. The van der Waals surface area contributed by atoms with Crippen molar-refractivity contribution >= 4 is 11.8 Å². The van der Waals surface area contributed by atoms with E-state index in [0.717, 1.165) is 25.7 Å². The second kappa shape index (κ2) is 4.65. The van der Waals surface area contributed by atoms with Gasteiger partial charge in [-0.1, -0.05) is 19.3 Å². The van der Waals surface area contributed by atoms with Crippen LogP contribution in [0.5, 0.6) is 0 Å². The van der Waals surface area contributed by atoms with Gasteiger partial charge in [-0.15, -0.1) is 0 Å². The molecule has 2 rings (SSSR count). The smallest absolute Gasteiger partial charge is 0.246 e. The lowest BCUT2D eigenvalue weighted by atomic mass is 9.88. The Hall–Kier alpha value is -1.37. The summed E-state index contributed by atoms with van der Waals surface area (Å²) >= 11 is 0. The lowest BCUT2D eigenvalue weighted by Crippen LogP contribution is -2.38. The van der Waals surface area contributed by atoms with Crippen LogP contribution in [-0.4, -0.2) is 23.3 Å². The first-order valence-electron chi connectivity index (χ1n) is 5.99. The molecule has 2 aliphatic rings. The van der Waals surface area contributed by atoms with Gasteiger partial charge in [-0.2, -0.15) is 5.26 Å². The first-order chi connectivity index (χ1) is 7.74. The van der Waals surface area contributed by atoms with Gasteiger partial charge in [0.05, 0.1) is 6.07 Å². The maximum absolute atomic E-state index is 12.1. The highest BCUT2D eigenvalue weighted by atomic mass is 16.2. The molecule has 2 amide bonds. The molecule has 0 N–H and O–H groups in total. The number of hydrogen-bond donors (Lipinski definition) is 0. The second-order valence-electron chi connectivity index (χ2n) is 4.63. The molecule has 0 spiro atoms. The molecule has 1 atom stereocenters. The summed E-state index contributed by atoms with van der Waals surface area (Å²) < 4.78 is 0.